The lowest BCUT2D eigenvalue weighted by atomic mass is 9.85. The van der Waals surface area contributed by atoms with Crippen LogP contribution in [-0.4, -0.2) is 5.11 Å². The van der Waals surface area contributed by atoms with Gasteiger partial charge in [-0.3, -0.25) is 0 Å². The molecule has 0 spiro atoms. The topological polar surface area (TPSA) is 20.2 Å². The summed E-state index contributed by atoms with van der Waals surface area (Å²) in [6, 6.07) is 14.1. The van der Waals surface area contributed by atoms with Crippen LogP contribution >= 0.6 is 11.6 Å². The van der Waals surface area contributed by atoms with Crippen molar-refractivity contribution in [1.29, 1.82) is 0 Å². The van der Waals surface area contributed by atoms with Crippen molar-refractivity contribution in [1.82, 2.24) is 0 Å². The normalized spacial score (nSPS) is 14.1. The Labute approximate surface area is 117 Å². The summed E-state index contributed by atoms with van der Waals surface area (Å²) in [4.78, 5) is 0. The van der Waals surface area contributed by atoms with Gasteiger partial charge in [0.1, 0.15) is 5.82 Å². The van der Waals surface area contributed by atoms with Crippen LogP contribution in [0.1, 0.15) is 24.5 Å². The molecule has 3 heteroatoms. The van der Waals surface area contributed by atoms with E-state index >= 15 is 0 Å². The van der Waals surface area contributed by atoms with Gasteiger partial charge < -0.3 is 5.11 Å². The van der Waals surface area contributed by atoms with Crippen LogP contribution in [0.5, 0.6) is 0 Å². The molecule has 1 nitrogen and oxygen atoms in total. The van der Waals surface area contributed by atoms with Gasteiger partial charge in [0.15, 0.2) is 0 Å². The maximum atomic E-state index is 13.4. The molecular weight excluding hydrogens is 263 g/mol. The van der Waals surface area contributed by atoms with Crippen molar-refractivity contribution in [2.24, 2.45) is 0 Å². The summed E-state index contributed by atoms with van der Waals surface area (Å²) in [7, 11) is 0. The molecule has 0 saturated carbocycles. The second kappa shape index (κ2) is 5.72. The van der Waals surface area contributed by atoms with Crippen LogP contribution in [0.4, 0.5) is 4.39 Å². The zero-order valence-electron chi connectivity index (χ0n) is 10.7. The van der Waals surface area contributed by atoms with Crippen LogP contribution in [0, 0.1) is 5.82 Å². The highest BCUT2D eigenvalue weighted by atomic mass is 35.5. The molecule has 19 heavy (non-hydrogen) atoms. The van der Waals surface area contributed by atoms with Gasteiger partial charge in [0.05, 0.1) is 10.6 Å². The van der Waals surface area contributed by atoms with Gasteiger partial charge in [-0.1, -0.05) is 54.9 Å². The van der Waals surface area contributed by atoms with Crippen LogP contribution in [0.2, 0.25) is 5.02 Å². The Hall–Kier alpha value is -1.38. The first kappa shape index (κ1) is 14.0. The summed E-state index contributed by atoms with van der Waals surface area (Å²) < 4.78 is 13.4. The van der Waals surface area contributed by atoms with Crippen molar-refractivity contribution in [2.45, 2.75) is 25.4 Å². The van der Waals surface area contributed by atoms with E-state index in [1.54, 1.807) is 6.07 Å². The summed E-state index contributed by atoms with van der Waals surface area (Å²) in [5.41, 5.74) is 0.588. The van der Waals surface area contributed by atoms with E-state index in [1.165, 1.54) is 12.1 Å². The number of hydrogen-bond acceptors (Lipinski definition) is 1. The standard InChI is InChI=1S/C16H16ClFO/c1-2-16(19,13-6-4-3-5-7-13)11-12-8-9-14(17)15(18)10-12/h3-10,19H,2,11H2,1H3. The highest BCUT2D eigenvalue weighted by Crippen LogP contribution is 2.30. The maximum Gasteiger partial charge on any atom is 0.142 e. The van der Waals surface area contributed by atoms with E-state index in [1.807, 2.05) is 37.3 Å². The number of halogens is 2. The predicted octanol–water partition coefficient (Wildman–Crippen LogP) is 4.32. The number of benzene rings is 2. The summed E-state index contributed by atoms with van der Waals surface area (Å²) in [6.45, 7) is 1.92. The zero-order valence-corrected chi connectivity index (χ0v) is 11.5. The average molecular weight is 279 g/mol. The van der Waals surface area contributed by atoms with Crippen molar-refractivity contribution in [3.63, 3.8) is 0 Å². The van der Waals surface area contributed by atoms with Gasteiger partial charge in [0.2, 0.25) is 0 Å². The lowest BCUT2D eigenvalue weighted by Crippen LogP contribution is -2.27. The number of aliphatic hydroxyl groups is 1. The second-order valence-corrected chi connectivity index (χ2v) is 5.08. The van der Waals surface area contributed by atoms with Gasteiger partial charge in [-0.15, -0.1) is 0 Å². The molecule has 0 bridgehead atoms. The van der Waals surface area contributed by atoms with Crippen LogP contribution in [0.15, 0.2) is 48.5 Å². The fraction of sp³-hybridized carbons (Fsp3) is 0.250. The minimum Gasteiger partial charge on any atom is -0.385 e. The van der Waals surface area contributed by atoms with E-state index in [2.05, 4.69) is 0 Å². The first-order chi connectivity index (χ1) is 9.05. The summed E-state index contributed by atoms with van der Waals surface area (Å²) in [5.74, 6) is -0.453. The molecule has 0 amide bonds. The maximum absolute atomic E-state index is 13.4. The van der Waals surface area contributed by atoms with Crippen LogP contribution in [0.25, 0.3) is 0 Å². The smallest absolute Gasteiger partial charge is 0.142 e. The Balaban J connectivity index is 2.30. The lowest BCUT2D eigenvalue weighted by Gasteiger charge is -2.27. The molecule has 0 fully saturated rings. The third-order valence-electron chi connectivity index (χ3n) is 3.38. The first-order valence-corrected chi connectivity index (χ1v) is 6.65. The highest BCUT2D eigenvalue weighted by molar-refractivity contribution is 6.30. The zero-order chi connectivity index (χ0) is 13.9. The molecule has 1 atom stereocenters. The highest BCUT2D eigenvalue weighted by Gasteiger charge is 2.27. The van der Waals surface area contributed by atoms with Gasteiger partial charge in [0.25, 0.3) is 0 Å². The molecule has 0 heterocycles. The SMILES string of the molecule is CCC(O)(Cc1ccc(Cl)c(F)c1)c1ccccc1. The summed E-state index contributed by atoms with van der Waals surface area (Å²) in [5, 5.41) is 10.9. The monoisotopic (exact) mass is 278 g/mol. The van der Waals surface area contributed by atoms with Crippen LogP contribution < -0.4 is 0 Å². The fourth-order valence-electron chi connectivity index (χ4n) is 2.17. The van der Waals surface area contributed by atoms with E-state index in [0.29, 0.717) is 12.8 Å². The number of rotatable bonds is 4. The second-order valence-electron chi connectivity index (χ2n) is 4.68. The molecule has 0 saturated heterocycles. The Bertz CT molecular complexity index is 556. The van der Waals surface area contributed by atoms with E-state index in [0.717, 1.165) is 11.1 Å². The largest absolute Gasteiger partial charge is 0.385 e. The number of hydrogen-bond donors (Lipinski definition) is 1. The Kier molecular flexibility index (Phi) is 4.23. The minimum absolute atomic E-state index is 0.100. The summed E-state index contributed by atoms with van der Waals surface area (Å²) >= 11 is 5.67. The third-order valence-corrected chi connectivity index (χ3v) is 3.68. The van der Waals surface area contributed by atoms with E-state index in [9.17, 15) is 9.50 Å². The Morgan fingerprint density at radius 2 is 1.84 bits per heavy atom. The molecular formula is C16H16ClFO. The van der Waals surface area contributed by atoms with Gasteiger partial charge in [-0.2, -0.15) is 0 Å². The van der Waals surface area contributed by atoms with Gasteiger partial charge in [-0.25, -0.2) is 4.39 Å². The fourth-order valence-corrected chi connectivity index (χ4v) is 2.28. The molecule has 2 rings (SSSR count). The molecule has 2 aromatic rings. The Morgan fingerprint density at radius 3 is 2.42 bits per heavy atom. The van der Waals surface area contributed by atoms with Crippen molar-refractivity contribution in [3.8, 4) is 0 Å². The average Bonchev–Trinajstić information content (AvgIpc) is 2.44. The molecule has 0 aliphatic heterocycles. The van der Waals surface area contributed by atoms with Crippen molar-refractivity contribution in [2.75, 3.05) is 0 Å². The molecule has 0 aliphatic rings. The molecule has 0 aromatic heterocycles. The molecule has 1 unspecified atom stereocenters. The lowest BCUT2D eigenvalue weighted by molar-refractivity contribution is 0.0327. The minimum atomic E-state index is -0.985. The molecule has 0 radical (unpaired) electrons. The first-order valence-electron chi connectivity index (χ1n) is 6.27. The molecule has 0 aliphatic carbocycles. The van der Waals surface area contributed by atoms with Gasteiger partial charge in [-0.05, 0) is 29.7 Å². The predicted molar refractivity (Wildman–Crippen MR) is 75.7 cm³/mol. The van der Waals surface area contributed by atoms with Crippen LogP contribution in [-0.2, 0) is 12.0 Å². The van der Waals surface area contributed by atoms with Crippen molar-refractivity contribution < 1.29 is 9.50 Å². The molecule has 2 aromatic carbocycles. The van der Waals surface area contributed by atoms with E-state index in [-0.39, 0.29) is 5.02 Å². The summed E-state index contributed by atoms with van der Waals surface area (Å²) in [6.07, 6.45) is 0.920. The van der Waals surface area contributed by atoms with Gasteiger partial charge >= 0.3 is 0 Å². The van der Waals surface area contributed by atoms with E-state index < -0.39 is 11.4 Å². The van der Waals surface area contributed by atoms with Crippen molar-refractivity contribution in [3.05, 3.63) is 70.5 Å². The van der Waals surface area contributed by atoms with Gasteiger partial charge in [0, 0.05) is 6.42 Å². The molecule has 100 valence electrons. The molecule has 1 N–H and O–H groups in total. The third kappa shape index (κ3) is 3.14. The van der Waals surface area contributed by atoms with Crippen LogP contribution in [0.3, 0.4) is 0 Å². The van der Waals surface area contributed by atoms with E-state index in [4.69, 9.17) is 11.6 Å². The van der Waals surface area contributed by atoms with Crippen molar-refractivity contribution >= 4 is 11.6 Å². The quantitative estimate of drug-likeness (QED) is 0.883. The Morgan fingerprint density at radius 1 is 1.16 bits per heavy atom.